The van der Waals surface area contributed by atoms with Gasteiger partial charge in [0.05, 0.1) is 4.88 Å². The molecule has 0 amide bonds. The van der Waals surface area contributed by atoms with Gasteiger partial charge < -0.3 is 4.52 Å². The van der Waals surface area contributed by atoms with E-state index in [2.05, 4.69) is 9.68 Å². The molecular weight excluding hydrogens is 270 g/mol. The Morgan fingerprint density at radius 2 is 2.17 bits per heavy atom. The van der Waals surface area contributed by atoms with Gasteiger partial charge >= 0.3 is 6.18 Å². The fourth-order valence-electron chi connectivity index (χ4n) is 1.51. The molecule has 98 valence electrons. The quantitative estimate of drug-likeness (QED) is 0.751. The van der Waals surface area contributed by atoms with Crippen LogP contribution in [-0.4, -0.2) is 5.16 Å². The predicted molar refractivity (Wildman–Crippen MR) is 59.0 cm³/mol. The Bertz CT molecular complexity index is 531. The summed E-state index contributed by atoms with van der Waals surface area (Å²) in [5.74, 6) is -1.18. The first-order valence-electron chi connectivity index (χ1n) is 5.19. The maximum absolute atomic E-state index is 13.6. The van der Waals surface area contributed by atoms with Gasteiger partial charge in [-0.2, -0.15) is 13.2 Å². The number of aromatic nitrogens is 1. The van der Waals surface area contributed by atoms with Crippen LogP contribution in [0.4, 0.5) is 17.6 Å². The lowest BCUT2D eigenvalue weighted by Crippen LogP contribution is -2.02. The van der Waals surface area contributed by atoms with Gasteiger partial charge in [0.25, 0.3) is 0 Å². The summed E-state index contributed by atoms with van der Waals surface area (Å²) in [4.78, 5) is 0.378. The molecule has 0 radical (unpaired) electrons. The van der Waals surface area contributed by atoms with Gasteiger partial charge in [0.2, 0.25) is 5.76 Å². The molecule has 0 bridgehead atoms. The highest BCUT2D eigenvalue weighted by Gasteiger charge is 2.36. The third kappa shape index (κ3) is 2.40. The highest BCUT2D eigenvalue weighted by molar-refractivity contribution is 7.13. The zero-order chi connectivity index (χ0) is 13.3. The van der Waals surface area contributed by atoms with Crippen LogP contribution >= 0.6 is 11.3 Å². The van der Waals surface area contributed by atoms with Crippen molar-refractivity contribution < 1.29 is 22.1 Å². The fourth-order valence-corrected chi connectivity index (χ4v) is 2.41. The zero-order valence-electron chi connectivity index (χ0n) is 9.29. The molecule has 2 aromatic rings. The molecule has 0 aromatic carbocycles. The Labute approximate surface area is 104 Å². The fraction of sp³-hybridized carbons (Fsp3) is 0.364. The second kappa shape index (κ2) is 4.72. The molecule has 0 spiro atoms. The van der Waals surface area contributed by atoms with Crippen LogP contribution in [0.2, 0.25) is 0 Å². The number of halogens is 4. The van der Waals surface area contributed by atoms with Crippen LogP contribution in [0.1, 0.15) is 30.8 Å². The summed E-state index contributed by atoms with van der Waals surface area (Å²) in [5.41, 5.74) is 0.368. The first-order valence-corrected chi connectivity index (χ1v) is 6.07. The van der Waals surface area contributed by atoms with E-state index >= 15 is 0 Å². The highest BCUT2D eigenvalue weighted by atomic mass is 32.1. The highest BCUT2D eigenvalue weighted by Crippen LogP contribution is 2.38. The van der Waals surface area contributed by atoms with Crippen molar-refractivity contribution in [3.63, 3.8) is 0 Å². The number of thiophene rings is 1. The molecule has 18 heavy (non-hydrogen) atoms. The van der Waals surface area contributed by atoms with Gasteiger partial charge in [-0.15, -0.1) is 11.3 Å². The van der Waals surface area contributed by atoms with Gasteiger partial charge in [-0.1, -0.05) is 12.1 Å². The lowest BCUT2D eigenvalue weighted by molar-refractivity contribution is -0.155. The molecule has 2 aromatic heterocycles. The molecule has 0 saturated carbocycles. The second-order valence-corrected chi connectivity index (χ2v) is 4.57. The summed E-state index contributed by atoms with van der Waals surface area (Å²) in [6.07, 6.45) is -5.53. The minimum atomic E-state index is -4.58. The number of hydrogen-bond acceptors (Lipinski definition) is 3. The maximum Gasteiger partial charge on any atom is 0.452 e. The van der Waals surface area contributed by atoms with Gasteiger partial charge in [0.1, 0.15) is 11.9 Å². The van der Waals surface area contributed by atoms with E-state index in [-0.39, 0.29) is 12.1 Å². The van der Waals surface area contributed by atoms with E-state index in [0.29, 0.717) is 10.4 Å². The van der Waals surface area contributed by atoms with Crippen molar-refractivity contribution in [1.82, 2.24) is 5.16 Å². The second-order valence-electron chi connectivity index (χ2n) is 3.66. The third-order valence-electron chi connectivity index (χ3n) is 2.41. The first-order chi connectivity index (χ1) is 8.43. The third-order valence-corrected chi connectivity index (χ3v) is 3.37. The summed E-state index contributed by atoms with van der Waals surface area (Å²) < 4.78 is 54.9. The lowest BCUT2D eigenvalue weighted by Gasteiger charge is -2.04. The van der Waals surface area contributed by atoms with Crippen LogP contribution in [0.3, 0.4) is 0 Å². The Kier molecular flexibility index (Phi) is 3.43. The normalized spacial score (nSPS) is 13.8. The van der Waals surface area contributed by atoms with Gasteiger partial charge in [-0.3, -0.25) is 0 Å². The van der Waals surface area contributed by atoms with Crippen LogP contribution in [-0.2, 0) is 6.18 Å². The molecule has 0 saturated heterocycles. The molecular formula is C11H9F4NOS. The van der Waals surface area contributed by atoms with Gasteiger partial charge in [-0.05, 0) is 17.9 Å². The minimum Gasteiger partial charge on any atom is -0.351 e. The molecule has 0 N–H and O–H groups in total. The molecule has 2 nitrogen and oxygen atoms in total. The summed E-state index contributed by atoms with van der Waals surface area (Å²) in [6.45, 7) is 1.66. The van der Waals surface area contributed by atoms with Crippen molar-refractivity contribution in [3.05, 3.63) is 28.8 Å². The molecule has 2 rings (SSSR count). The molecule has 1 unspecified atom stereocenters. The molecule has 7 heteroatoms. The van der Waals surface area contributed by atoms with Crippen LogP contribution in [0.5, 0.6) is 0 Å². The van der Waals surface area contributed by atoms with Crippen LogP contribution in [0, 0.1) is 0 Å². The van der Waals surface area contributed by atoms with Crippen molar-refractivity contribution in [2.24, 2.45) is 0 Å². The van der Waals surface area contributed by atoms with E-state index in [1.807, 2.05) is 0 Å². The lowest BCUT2D eigenvalue weighted by atomic mass is 10.1. The van der Waals surface area contributed by atoms with Crippen molar-refractivity contribution >= 4 is 11.3 Å². The summed E-state index contributed by atoms with van der Waals surface area (Å²) in [6, 6.07) is 2.34. The number of alkyl halides is 4. The monoisotopic (exact) mass is 279 g/mol. The summed E-state index contributed by atoms with van der Waals surface area (Å²) >= 11 is 1.14. The van der Waals surface area contributed by atoms with Gasteiger partial charge in [0, 0.05) is 11.6 Å². The molecule has 2 heterocycles. The van der Waals surface area contributed by atoms with E-state index in [1.54, 1.807) is 18.4 Å². The van der Waals surface area contributed by atoms with Gasteiger partial charge in [0.15, 0.2) is 0 Å². The average molecular weight is 279 g/mol. The average Bonchev–Trinajstić information content (AvgIpc) is 2.94. The van der Waals surface area contributed by atoms with Gasteiger partial charge in [-0.25, -0.2) is 4.39 Å². The van der Waals surface area contributed by atoms with E-state index in [9.17, 15) is 17.6 Å². The van der Waals surface area contributed by atoms with Crippen molar-refractivity contribution in [1.29, 1.82) is 0 Å². The Balaban J connectivity index is 2.38. The van der Waals surface area contributed by atoms with Crippen LogP contribution in [0.25, 0.3) is 10.6 Å². The smallest absolute Gasteiger partial charge is 0.351 e. The summed E-state index contributed by atoms with van der Waals surface area (Å²) in [5, 5.41) is 4.97. The standard InChI is InChI=1S/C11H9F4NOS/c1-2-7(12)6-3-4-18-10(6)8-5-9(17-16-8)11(13,14)15/h3-5,7H,2H2,1H3. The van der Waals surface area contributed by atoms with Crippen molar-refractivity contribution in [2.45, 2.75) is 25.7 Å². The SMILES string of the molecule is CCC(F)c1ccsc1-c1cc(C(F)(F)F)on1. The number of rotatable bonds is 3. The summed E-state index contributed by atoms with van der Waals surface area (Å²) in [7, 11) is 0. The van der Waals surface area contributed by atoms with Crippen LogP contribution < -0.4 is 0 Å². The number of hydrogen-bond donors (Lipinski definition) is 0. The number of nitrogens with zero attached hydrogens (tertiary/aromatic N) is 1. The Morgan fingerprint density at radius 1 is 1.44 bits per heavy atom. The van der Waals surface area contributed by atoms with Crippen molar-refractivity contribution in [3.8, 4) is 10.6 Å². The van der Waals surface area contributed by atoms with E-state index < -0.39 is 18.1 Å². The Morgan fingerprint density at radius 3 is 2.72 bits per heavy atom. The maximum atomic E-state index is 13.6. The van der Waals surface area contributed by atoms with E-state index in [1.165, 1.54) is 0 Å². The molecule has 0 fully saturated rings. The molecule has 1 atom stereocenters. The van der Waals surface area contributed by atoms with E-state index in [4.69, 9.17) is 0 Å². The van der Waals surface area contributed by atoms with Crippen molar-refractivity contribution in [2.75, 3.05) is 0 Å². The molecule has 0 aliphatic carbocycles. The Hall–Kier alpha value is -1.37. The van der Waals surface area contributed by atoms with E-state index in [0.717, 1.165) is 17.4 Å². The molecule has 0 aliphatic rings. The van der Waals surface area contributed by atoms with Crippen LogP contribution in [0.15, 0.2) is 22.0 Å². The predicted octanol–water partition coefficient (Wildman–Crippen LogP) is 4.84. The molecule has 0 aliphatic heterocycles. The largest absolute Gasteiger partial charge is 0.452 e. The topological polar surface area (TPSA) is 26.0 Å². The minimum absolute atomic E-state index is 0.0171. The zero-order valence-corrected chi connectivity index (χ0v) is 10.1. The first kappa shape index (κ1) is 13.1.